The minimum absolute atomic E-state index is 0.190. The third kappa shape index (κ3) is 4.32. The largest absolute Gasteiger partial charge is 0.393 e. The summed E-state index contributed by atoms with van der Waals surface area (Å²) in [6.07, 6.45) is 1.85. The van der Waals surface area contributed by atoms with E-state index in [2.05, 4.69) is 15.5 Å². The number of rotatable bonds is 5. The summed E-state index contributed by atoms with van der Waals surface area (Å²) in [5, 5.41) is 18.8. The number of anilines is 1. The Morgan fingerprint density at radius 1 is 1.38 bits per heavy atom. The average molecular weight is 288 g/mol. The molecule has 0 aliphatic heterocycles. The Bertz CT molecular complexity index is 564. The van der Waals surface area contributed by atoms with Crippen molar-refractivity contribution in [2.24, 2.45) is 0 Å². The zero-order valence-corrected chi connectivity index (χ0v) is 12.2. The van der Waals surface area contributed by atoms with E-state index in [0.717, 1.165) is 16.9 Å². The summed E-state index contributed by atoms with van der Waals surface area (Å²) in [7, 11) is 1.71. The fourth-order valence-electron chi connectivity index (χ4n) is 1.85. The van der Waals surface area contributed by atoms with Crippen LogP contribution in [0.25, 0.3) is 11.3 Å². The second-order valence-corrected chi connectivity index (χ2v) is 5.04. The van der Waals surface area contributed by atoms with E-state index in [-0.39, 0.29) is 6.03 Å². The maximum atomic E-state index is 12.0. The summed E-state index contributed by atoms with van der Waals surface area (Å²) < 4.78 is 0. The molecule has 6 heteroatoms. The molecule has 21 heavy (non-hydrogen) atoms. The number of H-pyrrole nitrogens is 1. The van der Waals surface area contributed by atoms with Gasteiger partial charge in [0.25, 0.3) is 0 Å². The SMILES string of the molecule is C[C@H](O)CCN(C)C(=O)Nc1ccc(-c2ccn[nH]2)cc1. The summed E-state index contributed by atoms with van der Waals surface area (Å²) in [5.41, 5.74) is 2.67. The first-order valence-corrected chi connectivity index (χ1v) is 6.86. The Kier molecular flexibility index (Phi) is 4.94. The Labute approximate surface area is 123 Å². The maximum absolute atomic E-state index is 12.0. The lowest BCUT2D eigenvalue weighted by atomic mass is 10.1. The minimum atomic E-state index is -0.408. The molecule has 0 radical (unpaired) electrons. The summed E-state index contributed by atoms with van der Waals surface area (Å²) >= 11 is 0. The van der Waals surface area contributed by atoms with Gasteiger partial charge in [-0.1, -0.05) is 12.1 Å². The van der Waals surface area contributed by atoms with Crippen LogP contribution in [0.3, 0.4) is 0 Å². The normalized spacial score (nSPS) is 12.0. The number of nitrogens with zero attached hydrogens (tertiary/aromatic N) is 2. The quantitative estimate of drug-likeness (QED) is 0.789. The van der Waals surface area contributed by atoms with Crippen molar-refractivity contribution in [2.75, 3.05) is 18.9 Å². The summed E-state index contributed by atoms with van der Waals surface area (Å²) in [6.45, 7) is 2.22. The van der Waals surface area contributed by atoms with Gasteiger partial charge in [-0.3, -0.25) is 5.10 Å². The number of urea groups is 1. The van der Waals surface area contributed by atoms with Crippen LogP contribution in [0.4, 0.5) is 10.5 Å². The highest BCUT2D eigenvalue weighted by atomic mass is 16.3. The molecule has 1 heterocycles. The molecule has 0 spiro atoms. The van der Waals surface area contributed by atoms with Crippen LogP contribution in [0.15, 0.2) is 36.5 Å². The third-order valence-corrected chi connectivity index (χ3v) is 3.18. The zero-order chi connectivity index (χ0) is 15.2. The fourth-order valence-corrected chi connectivity index (χ4v) is 1.85. The molecule has 0 saturated heterocycles. The van der Waals surface area contributed by atoms with Crippen LogP contribution in [0.5, 0.6) is 0 Å². The molecule has 1 atom stereocenters. The first-order valence-electron chi connectivity index (χ1n) is 6.86. The zero-order valence-electron chi connectivity index (χ0n) is 12.2. The fraction of sp³-hybridized carbons (Fsp3) is 0.333. The number of nitrogens with one attached hydrogen (secondary N) is 2. The second kappa shape index (κ2) is 6.90. The number of amides is 2. The molecule has 0 aliphatic rings. The van der Waals surface area contributed by atoms with Gasteiger partial charge in [-0.2, -0.15) is 5.10 Å². The molecular formula is C15H20N4O2. The summed E-state index contributed by atoms with van der Waals surface area (Å²) in [6, 6.07) is 9.22. The predicted molar refractivity (Wildman–Crippen MR) is 82.0 cm³/mol. The average Bonchev–Trinajstić information content (AvgIpc) is 2.99. The molecule has 6 nitrogen and oxygen atoms in total. The number of aliphatic hydroxyl groups is 1. The van der Waals surface area contributed by atoms with Crippen molar-refractivity contribution in [2.45, 2.75) is 19.4 Å². The number of carbonyl (C=O) groups excluding carboxylic acids is 1. The van der Waals surface area contributed by atoms with Gasteiger partial charge < -0.3 is 15.3 Å². The van der Waals surface area contributed by atoms with Crippen molar-refractivity contribution in [3.63, 3.8) is 0 Å². The van der Waals surface area contributed by atoms with E-state index < -0.39 is 6.10 Å². The Balaban J connectivity index is 1.92. The first-order chi connectivity index (χ1) is 10.1. The molecule has 0 unspecified atom stereocenters. The van der Waals surface area contributed by atoms with Gasteiger partial charge in [0.2, 0.25) is 0 Å². The predicted octanol–water partition coefficient (Wildman–Crippen LogP) is 2.31. The van der Waals surface area contributed by atoms with Crippen molar-refractivity contribution in [1.82, 2.24) is 15.1 Å². The van der Waals surface area contributed by atoms with Gasteiger partial charge in [0, 0.05) is 25.5 Å². The molecule has 1 aromatic heterocycles. The van der Waals surface area contributed by atoms with Gasteiger partial charge in [0.05, 0.1) is 11.8 Å². The summed E-state index contributed by atoms with van der Waals surface area (Å²) in [5.74, 6) is 0. The van der Waals surface area contributed by atoms with E-state index in [1.807, 2.05) is 30.3 Å². The van der Waals surface area contributed by atoms with Crippen LogP contribution < -0.4 is 5.32 Å². The lowest BCUT2D eigenvalue weighted by molar-refractivity contribution is 0.167. The van der Waals surface area contributed by atoms with Gasteiger partial charge in [-0.15, -0.1) is 0 Å². The maximum Gasteiger partial charge on any atom is 0.321 e. The van der Waals surface area contributed by atoms with Crippen molar-refractivity contribution in [3.05, 3.63) is 36.5 Å². The third-order valence-electron chi connectivity index (χ3n) is 3.18. The van der Waals surface area contributed by atoms with Gasteiger partial charge >= 0.3 is 6.03 Å². The van der Waals surface area contributed by atoms with Gasteiger partial charge in [-0.25, -0.2) is 4.79 Å². The lowest BCUT2D eigenvalue weighted by Crippen LogP contribution is -2.33. The minimum Gasteiger partial charge on any atom is -0.393 e. The summed E-state index contributed by atoms with van der Waals surface area (Å²) in [4.78, 5) is 13.5. The molecule has 3 N–H and O–H groups in total. The highest BCUT2D eigenvalue weighted by molar-refractivity contribution is 5.89. The van der Waals surface area contributed by atoms with Gasteiger partial charge in [0.15, 0.2) is 0 Å². The highest BCUT2D eigenvalue weighted by Gasteiger charge is 2.09. The van der Waals surface area contributed by atoms with E-state index in [9.17, 15) is 9.90 Å². The number of benzene rings is 1. The van der Waals surface area contributed by atoms with Crippen LogP contribution in [-0.4, -0.2) is 45.9 Å². The highest BCUT2D eigenvalue weighted by Crippen LogP contribution is 2.19. The van der Waals surface area contributed by atoms with Crippen molar-refractivity contribution in [1.29, 1.82) is 0 Å². The van der Waals surface area contributed by atoms with E-state index in [0.29, 0.717) is 13.0 Å². The molecule has 0 saturated carbocycles. The number of aliphatic hydroxyl groups excluding tert-OH is 1. The van der Waals surface area contributed by atoms with Gasteiger partial charge in [-0.05, 0) is 37.1 Å². The molecule has 0 fully saturated rings. The lowest BCUT2D eigenvalue weighted by Gasteiger charge is -2.18. The smallest absolute Gasteiger partial charge is 0.321 e. The number of carbonyl (C=O) groups is 1. The van der Waals surface area contributed by atoms with Crippen LogP contribution in [0, 0.1) is 0 Å². The van der Waals surface area contributed by atoms with E-state index >= 15 is 0 Å². The number of aromatic amines is 1. The molecule has 2 amide bonds. The Morgan fingerprint density at radius 3 is 2.67 bits per heavy atom. The van der Waals surface area contributed by atoms with Crippen LogP contribution >= 0.6 is 0 Å². The van der Waals surface area contributed by atoms with Gasteiger partial charge in [0.1, 0.15) is 0 Å². The first kappa shape index (κ1) is 15.1. The molecule has 0 bridgehead atoms. The molecule has 0 aliphatic carbocycles. The van der Waals surface area contributed by atoms with E-state index in [1.165, 1.54) is 0 Å². The van der Waals surface area contributed by atoms with E-state index in [1.54, 1.807) is 25.1 Å². The molecule has 2 rings (SSSR count). The van der Waals surface area contributed by atoms with Crippen LogP contribution in [-0.2, 0) is 0 Å². The Hall–Kier alpha value is -2.34. The van der Waals surface area contributed by atoms with Crippen molar-refractivity contribution in [3.8, 4) is 11.3 Å². The van der Waals surface area contributed by atoms with E-state index in [4.69, 9.17) is 0 Å². The van der Waals surface area contributed by atoms with Crippen molar-refractivity contribution >= 4 is 11.7 Å². The van der Waals surface area contributed by atoms with Crippen LogP contribution in [0.2, 0.25) is 0 Å². The molecule has 1 aromatic carbocycles. The topological polar surface area (TPSA) is 81.2 Å². The van der Waals surface area contributed by atoms with Crippen molar-refractivity contribution < 1.29 is 9.90 Å². The Morgan fingerprint density at radius 2 is 2.10 bits per heavy atom. The molecule has 112 valence electrons. The molecule has 2 aromatic rings. The number of aromatic nitrogens is 2. The van der Waals surface area contributed by atoms with Crippen LogP contribution in [0.1, 0.15) is 13.3 Å². The number of hydrogen-bond donors (Lipinski definition) is 3. The second-order valence-electron chi connectivity index (χ2n) is 5.04. The standard InChI is InChI=1S/C15H20N4O2/c1-11(20)8-10-19(2)15(21)17-13-5-3-12(4-6-13)14-7-9-16-18-14/h3-7,9,11,20H,8,10H2,1-2H3,(H,16,18)(H,17,21)/t11-/m0/s1. The molecular weight excluding hydrogens is 268 g/mol. The monoisotopic (exact) mass is 288 g/mol. The number of hydrogen-bond acceptors (Lipinski definition) is 3.